The summed E-state index contributed by atoms with van der Waals surface area (Å²) in [5, 5.41) is 0.569. The van der Waals surface area contributed by atoms with Gasteiger partial charge >= 0.3 is 0 Å². The van der Waals surface area contributed by atoms with Crippen LogP contribution >= 0.6 is 11.6 Å². The minimum Gasteiger partial charge on any atom is -0.263 e. The number of hydrogen-bond acceptors (Lipinski definition) is 1. The molecule has 0 aliphatic rings. The zero-order chi connectivity index (χ0) is 9.97. The monoisotopic (exact) mass is 207 g/mol. The van der Waals surface area contributed by atoms with E-state index in [1.165, 1.54) is 12.1 Å². The van der Waals surface area contributed by atoms with Crippen LogP contribution in [0.25, 0.3) is 11.1 Å². The lowest BCUT2D eigenvalue weighted by Gasteiger charge is -2.02. The van der Waals surface area contributed by atoms with Crippen LogP contribution in [-0.4, -0.2) is 4.98 Å². The van der Waals surface area contributed by atoms with Gasteiger partial charge in [-0.05, 0) is 23.8 Å². The van der Waals surface area contributed by atoms with Crippen molar-refractivity contribution in [1.82, 2.24) is 4.98 Å². The van der Waals surface area contributed by atoms with E-state index in [9.17, 15) is 4.39 Å². The van der Waals surface area contributed by atoms with E-state index in [4.69, 9.17) is 11.6 Å². The average Bonchev–Trinajstić information content (AvgIpc) is 2.20. The molecule has 1 aromatic carbocycles. The molecule has 0 unspecified atom stereocenters. The fraction of sp³-hybridized carbons (Fsp3) is 0. The van der Waals surface area contributed by atoms with Crippen molar-refractivity contribution in [1.29, 1.82) is 0 Å². The minimum atomic E-state index is -0.251. The van der Waals surface area contributed by atoms with Crippen molar-refractivity contribution in [2.24, 2.45) is 0 Å². The Labute approximate surface area is 86.2 Å². The molecule has 0 radical (unpaired) electrons. The Kier molecular flexibility index (Phi) is 2.46. The highest BCUT2D eigenvalue weighted by atomic mass is 35.5. The van der Waals surface area contributed by atoms with Gasteiger partial charge in [0.05, 0.1) is 5.02 Å². The molecule has 0 atom stereocenters. The van der Waals surface area contributed by atoms with Crippen molar-refractivity contribution in [3.05, 3.63) is 53.6 Å². The van der Waals surface area contributed by atoms with Crippen LogP contribution in [0.5, 0.6) is 0 Å². The summed E-state index contributed by atoms with van der Waals surface area (Å²) in [6.07, 6.45) is 3.23. The van der Waals surface area contributed by atoms with Gasteiger partial charge in [-0.3, -0.25) is 4.98 Å². The topological polar surface area (TPSA) is 12.9 Å². The van der Waals surface area contributed by atoms with E-state index < -0.39 is 0 Å². The molecular weight excluding hydrogens is 201 g/mol. The molecule has 2 rings (SSSR count). The molecule has 0 saturated carbocycles. The Morgan fingerprint density at radius 3 is 2.43 bits per heavy atom. The molecule has 1 aromatic heterocycles. The van der Waals surface area contributed by atoms with Gasteiger partial charge in [0.15, 0.2) is 0 Å². The number of nitrogens with zero attached hydrogens (tertiary/aromatic N) is 1. The smallest absolute Gasteiger partial charge is 0.123 e. The maximum atomic E-state index is 12.7. The lowest BCUT2D eigenvalue weighted by molar-refractivity contribution is 0.628. The lowest BCUT2D eigenvalue weighted by atomic mass is 10.1. The lowest BCUT2D eigenvalue weighted by Crippen LogP contribution is -1.81. The highest BCUT2D eigenvalue weighted by Crippen LogP contribution is 2.26. The van der Waals surface area contributed by atoms with Crippen LogP contribution in [0, 0.1) is 5.82 Å². The summed E-state index contributed by atoms with van der Waals surface area (Å²) in [6.45, 7) is 0. The van der Waals surface area contributed by atoms with Crippen LogP contribution in [0.1, 0.15) is 0 Å². The predicted octanol–water partition coefficient (Wildman–Crippen LogP) is 3.54. The van der Waals surface area contributed by atoms with Gasteiger partial charge in [-0.2, -0.15) is 0 Å². The van der Waals surface area contributed by atoms with Crippen molar-refractivity contribution in [3.63, 3.8) is 0 Å². The maximum absolute atomic E-state index is 12.7. The van der Waals surface area contributed by atoms with Crippen LogP contribution in [0.4, 0.5) is 4.39 Å². The van der Waals surface area contributed by atoms with Gasteiger partial charge in [0, 0.05) is 18.0 Å². The number of rotatable bonds is 1. The highest BCUT2D eigenvalue weighted by Gasteiger charge is 2.02. The second kappa shape index (κ2) is 3.76. The molecule has 70 valence electrons. The van der Waals surface area contributed by atoms with E-state index in [1.807, 2.05) is 0 Å². The number of pyridine rings is 1. The van der Waals surface area contributed by atoms with Crippen LogP contribution in [0.3, 0.4) is 0 Å². The Balaban J connectivity index is 2.50. The summed E-state index contributed by atoms with van der Waals surface area (Å²) in [6, 6.07) is 8.00. The first-order valence-electron chi connectivity index (χ1n) is 4.13. The van der Waals surface area contributed by atoms with Crippen molar-refractivity contribution >= 4 is 11.6 Å². The summed E-state index contributed by atoms with van der Waals surface area (Å²) < 4.78 is 12.7. The first-order chi connectivity index (χ1) is 6.77. The third-order valence-corrected chi connectivity index (χ3v) is 2.23. The summed E-state index contributed by atoms with van der Waals surface area (Å²) in [5.74, 6) is -0.251. The highest BCUT2D eigenvalue weighted by molar-refractivity contribution is 6.33. The van der Waals surface area contributed by atoms with E-state index in [1.54, 1.807) is 30.6 Å². The maximum Gasteiger partial charge on any atom is 0.123 e. The molecule has 0 aliphatic heterocycles. The fourth-order valence-corrected chi connectivity index (χ4v) is 1.47. The summed E-state index contributed by atoms with van der Waals surface area (Å²) in [5.41, 5.74) is 1.75. The molecule has 0 bridgehead atoms. The molecule has 1 nitrogen and oxygen atoms in total. The van der Waals surface area contributed by atoms with Gasteiger partial charge in [0.2, 0.25) is 0 Å². The van der Waals surface area contributed by atoms with Gasteiger partial charge in [-0.15, -0.1) is 0 Å². The van der Waals surface area contributed by atoms with Gasteiger partial charge in [-0.25, -0.2) is 4.39 Å². The third kappa shape index (κ3) is 1.75. The summed E-state index contributed by atoms with van der Waals surface area (Å²) >= 11 is 5.94. The quantitative estimate of drug-likeness (QED) is 0.697. The number of halogens is 2. The van der Waals surface area contributed by atoms with Crippen molar-refractivity contribution in [2.45, 2.75) is 0 Å². The van der Waals surface area contributed by atoms with Crippen LogP contribution in [0.2, 0.25) is 5.02 Å². The molecular formula is C11H7ClFN. The molecule has 0 fully saturated rings. The van der Waals surface area contributed by atoms with Crippen LogP contribution in [-0.2, 0) is 0 Å². The number of aromatic nitrogens is 1. The Bertz CT molecular complexity index is 439. The van der Waals surface area contributed by atoms with Crippen molar-refractivity contribution < 1.29 is 4.39 Å². The first kappa shape index (κ1) is 9.16. The Hall–Kier alpha value is -1.41. The normalized spacial score (nSPS) is 10.1. The third-order valence-electron chi connectivity index (χ3n) is 1.93. The van der Waals surface area contributed by atoms with Gasteiger partial charge < -0.3 is 0 Å². The van der Waals surface area contributed by atoms with E-state index in [2.05, 4.69) is 4.98 Å². The number of benzene rings is 1. The average molecular weight is 208 g/mol. The van der Waals surface area contributed by atoms with E-state index in [0.717, 1.165) is 11.1 Å². The Morgan fingerprint density at radius 1 is 1.07 bits per heavy atom. The van der Waals surface area contributed by atoms with E-state index in [0.29, 0.717) is 5.02 Å². The zero-order valence-electron chi connectivity index (χ0n) is 7.24. The second-order valence-corrected chi connectivity index (χ2v) is 3.27. The molecule has 3 heteroatoms. The first-order valence-corrected chi connectivity index (χ1v) is 4.50. The second-order valence-electron chi connectivity index (χ2n) is 2.86. The fourth-order valence-electron chi connectivity index (χ4n) is 1.24. The minimum absolute atomic E-state index is 0.251. The summed E-state index contributed by atoms with van der Waals surface area (Å²) in [7, 11) is 0. The molecule has 0 saturated heterocycles. The number of hydrogen-bond donors (Lipinski definition) is 0. The molecule has 0 spiro atoms. The SMILES string of the molecule is Fc1ccc(-c2ccncc2Cl)cc1. The van der Waals surface area contributed by atoms with Gasteiger partial charge in [-0.1, -0.05) is 23.7 Å². The van der Waals surface area contributed by atoms with Gasteiger partial charge in [0.25, 0.3) is 0 Å². The standard InChI is InChI=1S/C11H7ClFN/c12-11-7-14-6-5-10(11)8-1-3-9(13)4-2-8/h1-7H. The van der Waals surface area contributed by atoms with Gasteiger partial charge in [0.1, 0.15) is 5.82 Å². The van der Waals surface area contributed by atoms with Crippen molar-refractivity contribution in [3.8, 4) is 11.1 Å². The van der Waals surface area contributed by atoms with E-state index >= 15 is 0 Å². The molecule has 0 amide bonds. The molecule has 2 aromatic rings. The Morgan fingerprint density at radius 2 is 1.79 bits per heavy atom. The van der Waals surface area contributed by atoms with Crippen LogP contribution < -0.4 is 0 Å². The van der Waals surface area contributed by atoms with E-state index in [-0.39, 0.29) is 5.82 Å². The summed E-state index contributed by atoms with van der Waals surface area (Å²) in [4.78, 5) is 3.88. The molecule has 1 heterocycles. The predicted molar refractivity (Wildman–Crippen MR) is 54.6 cm³/mol. The van der Waals surface area contributed by atoms with Crippen LogP contribution in [0.15, 0.2) is 42.7 Å². The molecule has 14 heavy (non-hydrogen) atoms. The zero-order valence-corrected chi connectivity index (χ0v) is 8.00. The molecule has 0 N–H and O–H groups in total. The van der Waals surface area contributed by atoms with Crippen molar-refractivity contribution in [2.75, 3.05) is 0 Å². The largest absolute Gasteiger partial charge is 0.263 e. The molecule has 0 aliphatic carbocycles.